The Morgan fingerprint density at radius 2 is 1.90 bits per heavy atom. The number of benzene rings is 1. The summed E-state index contributed by atoms with van der Waals surface area (Å²) >= 11 is 9.32. The third-order valence-corrected chi connectivity index (χ3v) is 5.64. The van der Waals surface area contributed by atoms with Crippen LogP contribution in [-0.4, -0.2) is 28.7 Å². The number of para-hydroxylation sites is 1. The summed E-state index contributed by atoms with van der Waals surface area (Å²) in [6, 6.07) is 7.62. The zero-order valence-electron chi connectivity index (χ0n) is 16.6. The Morgan fingerprint density at radius 1 is 1.17 bits per heavy atom. The number of aromatic nitrogens is 6. The fourth-order valence-electron chi connectivity index (χ4n) is 3.38. The predicted octanol–water partition coefficient (Wildman–Crippen LogP) is 3.10. The molecule has 0 bridgehead atoms. The van der Waals surface area contributed by atoms with Gasteiger partial charge in [0.1, 0.15) is 5.82 Å². The SMILES string of the molecule is C/C(Cl)=C/Cn1c(Br)nc2c1c(=O)n(Cc1nc(C)c3ccccc3n1)c(=O)n2C. The number of rotatable bonds is 4. The van der Waals surface area contributed by atoms with E-state index in [-0.39, 0.29) is 6.54 Å². The van der Waals surface area contributed by atoms with Crippen molar-refractivity contribution in [3.05, 3.63) is 72.5 Å². The second-order valence-electron chi connectivity index (χ2n) is 6.93. The van der Waals surface area contributed by atoms with Crippen LogP contribution in [0, 0.1) is 6.92 Å². The van der Waals surface area contributed by atoms with Crippen LogP contribution >= 0.6 is 27.5 Å². The molecule has 10 heteroatoms. The Kier molecular flexibility index (Phi) is 5.33. The van der Waals surface area contributed by atoms with Gasteiger partial charge in [0.05, 0.1) is 12.1 Å². The number of hydrogen-bond acceptors (Lipinski definition) is 5. The van der Waals surface area contributed by atoms with E-state index in [0.29, 0.717) is 33.3 Å². The van der Waals surface area contributed by atoms with Crippen LogP contribution < -0.4 is 11.2 Å². The van der Waals surface area contributed by atoms with Gasteiger partial charge in [0, 0.05) is 29.7 Å². The Hall–Kier alpha value is -2.78. The van der Waals surface area contributed by atoms with Crippen molar-refractivity contribution in [3.8, 4) is 0 Å². The van der Waals surface area contributed by atoms with Crippen molar-refractivity contribution in [3.63, 3.8) is 0 Å². The fraction of sp³-hybridized carbons (Fsp3) is 0.250. The Balaban J connectivity index is 1.91. The highest BCUT2D eigenvalue weighted by atomic mass is 79.9. The van der Waals surface area contributed by atoms with Gasteiger partial charge in [-0.1, -0.05) is 35.9 Å². The van der Waals surface area contributed by atoms with Crippen molar-refractivity contribution >= 4 is 49.6 Å². The lowest BCUT2D eigenvalue weighted by Gasteiger charge is -2.10. The number of halogens is 2. The summed E-state index contributed by atoms with van der Waals surface area (Å²) in [5.41, 5.74) is 1.21. The number of fused-ring (bicyclic) bond motifs is 2. The second kappa shape index (κ2) is 7.81. The van der Waals surface area contributed by atoms with Crippen LogP contribution in [0.2, 0.25) is 0 Å². The minimum atomic E-state index is -0.483. The maximum Gasteiger partial charge on any atom is 0.332 e. The van der Waals surface area contributed by atoms with Crippen molar-refractivity contribution < 1.29 is 0 Å². The van der Waals surface area contributed by atoms with E-state index in [1.807, 2.05) is 31.2 Å². The minimum absolute atomic E-state index is 0.0414. The monoisotopic (exact) mass is 488 g/mol. The van der Waals surface area contributed by atoms with Crippen molar-refractivity contribution in [1.82, 2.24) is 28.7 Å². The van der Waals surface area contributed by atoms with Crippen LogP contribution in [0.1, 0.15) is 18.4 Å². The number of hydrogen-bond donors (Lipinski definition) is 0. The highest BCUT2D eigenvalue weighted by molar-refractivity contribution is 9.10. The molecule has 0 amide bonds. The van der Waals surface area contributed by atoms with Crippen molar-refractivity contribution in [2.75, 3.05) is 0 Å². The first-order chi connectivity index (χ1) is 14.3. The van der Waals surface area contributed by atoms with E-state index in [1.165, 1.54) is 4.57 Å². The lowest BCUT2D eigenvalue weighted by atomic mass is 10.2. The van der Waals surface area contributed by atoms with Gasteiger partial charge in [0.25, 0.3) is 5.56 Å². The zero-order chi connectivity index (χ0) is 21.6. The number of allylic oxidation sites excluding steroid dienone is 2. The van der Waals surface area contributed by atoms with E-state index in [1.54, 1.807) is 24.6 Å². The first kappa shape index (κ1) is 20.5. The Labute approximate surface area is 184 Å². The van der Waals surface area contributed by atoms with Gasteiger partial charge in [0.15, 0.2) is 15.9 Å². The predicted molar refractivity (Wildman–Crippen MR) is 120 cm³/mol. The van der Waals surface area contributed by atoms with Gasteiger partial charge in [-0.15, -0.1) is 0 Å². The molecule has 0 saturated carbocycles. The summed E-state index contributed by atoms with van der Waals surface area (Å²) in [6.45, 7) is 3.93. The molecule has 0 atom stereocenters. The van der Waals surface area contributed by atoms with E-state index in [4.69, 9.17) is 11.6 Å². The molecule has 0 aliphatic heterocycles. The molecule has 0 N–H and O–H groups in total. The van der Waals surface area contributed by atoms with Crippen LogP contribution in [0.15, 0.2) is 49.7 Å². The standard InChI is InChI=1S/C20H18BrClN6O2/c1-11(22)8-9-27-16-17(25-19(27)21)26(3)20(30)28(18(16)29)10-15-23-12(2)13-6-4-5-7-14(13)24-15/h4-8H,9-10H2,1-3H3/b11-8-. The molecule has 8 nitrogen and oxygen atoms in total. The maximum absolute atomic E-state index is 13.3. The van der Waals surface area contributed by atoms with Gasteiger partial charge in [-0.3, -0.25) is 13.9 Å². The summed E-state index contributed by atoms with van der Waals surface area (Å²) in [5, 5.41) is 1.52. The van der Waals surface area contributed by atoms with E-state index >= 15 is 0 Å². The first-order valence-electron chi connectivity index (χ1n) is 9.18. The van der Waals surface area contributed by atoms with Gasteiger partial charge >= 0.3 is 5.69 Å². The highest BCUT2D eigenvalue weighted by Crippen LogP contribution is 2.18. The zero-order valence-corrected chi connectivity index (χ0v) is 18.9. The van der Waals surface area contributed by atoms with Crippen molar-refractivity contribution in [1.29, 1.82) is 0 Å². The first-order valence-corrected chi connectivity index (χ1v) is 10.3. The molecule has 0 aliphatic rings. The van der Waals surface area contributed by atoms with E-state index < -0.39 is 11.2 Å². The third-order valence-electron chi connectivity index (χ3n) is 4.88. The molecular formula is C20H18BrClN6O2. The average molecular weight is 490 g/mol. The van der Waals surface area contributed by atoms with E-state index in [0.717, 1.165) is 21.2 Å². The molecule has 30 heavy (non-hydrogen) atoms. The molecule has 0 spiro atoms. The van der Waals surface area contributed by atoms with Crippen molar-refractivity contribution in [2.45, 2.75) is 26.9 Å². The summed E-state index contributed by atoms with van der Waals surface area (Å²) in [5.74, 6) is 0.395. The van der Waals surface area contributed by atoms with Crippen molar-refractivity contribution in [2.24, 2.45) is 7.05 Å². The van der Waals surface area contributed by atoms with Gasteiger partial charge in [-0.05, 0) is 35.8 Å². The molecule has 3 aromatic heterocycles. The number of imidazole rings is 1. The number of aryl methyl sites for hydroxylation is 2. The lowest BCUT2D eigenvalue weighted by Crippen LogP contribution is -2.40. The van der Waals surface area contributed by atoms with Gasteiger partial charge in [-0.25, -0.2) is 19.7 Å². The molecular weight excluding hydrogens is 472 g/mol. The van der Waals surface area contributed by atoms with Crippen LogP contribution in [0.5, 0.6) is 0 Å². The lowest BCUT2D eigenvalue weighted by molar-refractivity contribution is 0.632. The second-order valence-corrected chi connectivity index (χ2v) is 8.24. The van der Waals surface area contributed by atoms with Gasteiger partial charge < -0.3 is 4.57 Å². The highest BCUT2D eigenvalue weighted by Gasteiger charge is 2.19. The van der Waals surface area contributed by atoms with E-state index in [9.17, 15) is 9.59 Å². The summed E-state index contributed by atoms with van der Waals surface area (Å²) in [4.78, 5) is 39.6. The maximum atomic E-state index is 13.3. The Morgan fingerprint density at radius 3 is 2.63 bits per heavy atom. The van der Waals surface area contributed by atoms with Gasteiger partial charge in [0.2, 0.25) is 0 Å². The third kappa shape index (κ3) is 3.48. The molecule has 3 heterocycles. The van der Waals surface area contributed by atoms with Crippen LogP contribution in [0.25, 0.3) is 22.1 Å². The minimum Gasteiger partial charge on any atom is -0.309 e. The summed E-state index contributed by atoms with van der Waals surface area (Å²) in [6.07, 6.45) is 1.76. The van der Waals surface area contributed by atoms with Crippen LogP contribution in [0.4, 0.5) is 0 Å². The topological polar surface area (TPSA) is 87.6 Å². The molecule has 0 radical (unpaired) electrons. The molecule has 0 saturated heterocycles. The average Bonchev–Trinajstić information content (AvgIpc) is 3.04. The number of nitrogens with zero attached hydrogens (tertiary/aromatic N) is 6. The molecule has 4 rings (SSSR count). The molecule has 1 aromatic carbocycles. The quantitative estimate of drug-likeness (QED) is 0.411. The normalized spacial score (nSPS) is 12.2. The summed E-state index contributed by atoms with van der Waals surface area (Å²) < 4.78 is 4.59. The smallest absolute Gasteiger partial charge is 0.309 e. The van der Waals surface area contributed by atoms with Gasteiger partial charge in [-0.2, -0.15) is 0 Å². The molecule has 0 unspecified atom stereocenters. The molecule has 0 fully saturated rings. The fourth-order valence-corrected chi connectivity index (χ4v) is 3.93. The summed E-state index contributed by atoms with van der Waals surface area (Å²) in [7, 11) is 1.58. The largest absolute Gasteiger partial charge is 0.332 e. The molecule has 0 aliphatic carbocycles. The molecule has 4 aromatic rings. The van der Waals surface area contributed by atoms with Crippen LogP contribution in [-0.2, 0) is 20.1 Å². The van der Waals surface area contributed by atoms with Crippen LogP contribution in [0.3, 0.4) is 0 Å². The van der Waals surface area contributed by atoms with E-state index in [2.05, 4.69) is 30.9 Å². The Bertz CT molecular complexity index is 1450. The molecule has 154 valence electrons.